The van der Waals surface area contributed by atoms with Gasteiger partial charge in [0.15, 0.2) is 11.6 Å². The molecule has 1 atom stereocenters. The second-order valence-corrected chi connectivity index (χ2v) is 5.81. The van der Waals surface area contributed by atoms with Crippen molar-refractivity contribution in [3.63, 3.8) is 0 Å². The molecule has 0 saturated carbocycles. The maximum atomic E-state index is 13.6. The van der Waals surface area contributed by atoms with Crippen molar-refractivity contribution in [2.45, 2.75) is 25.7 Å². The van der Waals surface area contributed by atoms with Crippen molar-refractivity contribution in [3.05, 3.63) is 65.5 Å². The van der Waals surface area contributed by atoms with Crippen LogP contribution in [0, 0.1) is 12.7 Å². The van der Waals surface area contributed by atoms with Gasteiger partial charge >= 0.3 is 7.12 Å². The monoisotopic (exact) mass is 345 g/mol. The third-order valence-corrected chi connectivity index (χ3v) is 3.68. The Morgan fingerprint density at radius 2 is 1.96 bits per heavy atom. The fourth-order valence-corrected chi connectivity index (χ4v) is 2.35. The van der Waals surface area contributed by atoms with Crippen LogP contribution in [0.2, 0.25) is 0 Å². The van der Waals surface area contributed by atoms with Gasteiger partial charge in [-0.15, -0.1) is 0 Å². The first kappa shape index (κ1) is 19.0. The summed E-state index contributed by atoms with van der Waals surface area (Å²) in [6, 6.07) is 13.7. The van der Waals surface area contributed by atoms with Crippen molar-refractivity contribution in [1.82, 2.24) is 5.32 Å². The highest BCUT2D eigenvalue weighted by Crippen LogP contribution is 2.18. The zero-order valence-corrected chi connectivity index (χ0v) is 14.0. The van der Waals surface area contributed by atoms with E-state index in [0.717, 1.165) is 11.1 Å². The number of nitrogens with one attached hydrogen (secondary N) is 1. The number of ether oxygens (including phenoxy) is 1. The Morgan fingerprint density at radius 1 is 1.24 bits per heavy atom. The summed E-state index contributed by atoms with van der Waals surface area (Å²) in [5.74, 6) is -1.62. The van der Waals surface area contributed by atoms with Gasteiger partial charge in [-0.3, -0.25) is 4.79 Å². The number of halogens is 1. The molecule has 5 nitrogen and oxygen atoms in total. The molecule has 0 aliphatic heterocycles. The summed E-state index contributed by atoms with van der Waals surface area (Å²) in [6.45, 7) is 1.81. The number of hydrogen-bond acceptors (Lipinski definition) is 4. The maximum Gasteiger partial charge on any atom is 0.475 e. The molecule has 25 heavy (non-hydrogen) atoms. The van der Waals surface area contributed by atoms with E-state index < -0.39 is 24.8 Å². The van der Waals surface area contributed by atoms with Crippen molar-refractivity contribution in [2.75, 3.05) is 6.61 Å². The van der Waals surface area contributed by atoms with E-state index in [1.807, 2.05) is 37.3 Å². The van der Waals surface area contributed by atoms with Gasteiger partial charge in [0.25, 0.3) is 0 Å². The Balaban J connectivity index is 1.83. The average molecular weight is 345 g/mol. The zero-order valence-electron chi connectivity index (χ0n) is 14.0. The van der Waals surface area contributed by atoms with Crippen LogP contribution in [-0.4, -0.2) is 35.6 Å². The number of carbonyl (C=O) groups excluding carboxylic acids is 1. The molecule has 0 saturated heterocycles. The Kier molecular flexibility index (Phi) is 6.97. The molecule has 0 bridgehead atoms. The molecule has 0 spiro atoms. The van der Waals surface area contributed by atoms with Gasteiger partial charge in [0.1, 0.15) is 0 Å². The Hall–Kier alpha value is -2.38. The lowest BCUT2D eigenvalue weighted by atomic mass is 9.76. The van der Waals surface area contributed by atoms with Crippen LogP contribution < -0.4 is 10.1 Å². The summed E-state index contributed by atoms with van der Waals surface area (Å²) in [6.07, 6.45) is 0.267. The lowest BCUT2D eigenvalue weighted by molar-refractivity contribution is -0.122. The fraction of sp³-hybridized carbons (Fsp3) is 0.278. The Morgan fingerprint density at radius 3 is 2.64 bits per heavy atom. The summed E-state index contributed by atoms with van der Waals surface area (Å²) >= 11 is 0. The van der Waals surface area contributed by atoms with E-state index in [9.17, 15) is 19.2 Å². The fourth-order valence-electron chi connectivity index (χ4n) is 2.35. The molecule has 0 fully saturated rings. The standard InChI is InChI=1S/C18H21BFNO4/c1-13-7-8-15(20)16(11-13)25-10-9-18(22)21-17(19(23)24)12-14-5-3-2-4-6-14/h2-8,11,17,23-24H,9-10,12H2,1H3,(H,21,22). The van der Waals surface area contributed by atoms with Crippen LogP contribution in [0.5, 0.6) is 5.75 Å². The summed E-state index contributed by atoms with van der Waals surface area (Å²) in [5, 5.41) is 21.5. The van der Waals surface area contributed by atoms with Crippen molar-refractivity contribution < 1.29 is 24.0 Å². The number of carbonyl (C=O) groups is 1. The van der Waals surface area contributed by atoms with Gasteiger partial charge in [0.05, 0.1) is 19.0 Å². The van der Waals surface area contributed by atoms with Crippen molar-refractivity contribution in [1.29, 1.82) is 0 Å². The highest BCUT2D eigenvalue weighted by atomic mass is 19.1. The molecule has 0 aliphatic carbocycles. The molecular formula is C18H21BFNO4. The van der Waals surface area contributed by atoms with E-state index in [1.54, 1.807) is 12.1 Å². The minimum Gasteiger partial charge on any atom is -0.490 e. The summed E-state index contributed by atoms with van der Waals surface area (Å²) in [4.78, 5) is 12.0. The van der Waals surface area contributed by atoms with Gasteiger partial charge in [-0.1, -0.05) is 36.4 Å². The van der Waals surface area contributed by atoms with Crippen molar-refractivity contribution in [2.24, 2.45) is 0 Å². The van der Waals surface area contributed by atoms with Gasteiger partial charge in [-0.05, 0) is 36.6 Å². The maximum absolute atomic E-state index is 13.6. The van der Waals surface area contributed by atoms with E-state index in [-0.39, 0.29) is 25.2 Å². The van der Waals surface area contributed by atoms with E-state index in [4.69, 9.17) is 4.74 Å². The third kappa shape index (κ3) is 6.21. The molecule has 0 aliphatic rings. The number of hydrogen-bond donors (Lipinski definition) is 3. The number of benzene rings is 2. The van der Waals surface area contributed by atoms with E-state index in [2.05, 4.69) is 5.32 Å². The minimum absolute atomic E-state index is 0.00815. The van der Waals surface area contributed by atoms with Gasteiger partial charge < -0.3 is 20.1 Å². The minimum atomic E-state index is -1.68. The van der Waals surface area contributed by atoms with Crippen LogP contribution in [0.4, 0.5) is 4.39 Å². The molecular weight excluding hydrogens is 324 g/mol. The van der Waals surface area contributed by atoms with Crippen molar-refractivity contribution >= 4 is 13.0 Å². The molecule has 1 amide bonds. The van der Waals surface area contributed by atoms with Crippen molar-refractivity contribution in [3.8, 4) is 5.75 Å². The topological polar surface area (TPSA) is 78.8 Å². The molecule has 132 valence electrons. The van der Waals surface area contributed by atoms with Gasteiger partial charge in [0.2, 0.25) is 5.91 Å². The zero-order chi connectivity index (χ0) is 18.2. The van der Waals surface area contributed by atoms with Crippen LogP contribution in [0.3, 0.4) is 0 Å². The Labute approximate surface area is 146 Å². The second kappa shape index (κ2) is 9.20. The molecule has 0 heterocycles. The predicted octanol–water partition coefficient (Wildman–Crippen LogP) is 1.64. The van der Waals surface area contributed by atoms with Crippen LogP contribution in [0.15, 0.2) is 48.5 Å². The molecule has 1 unspecified atom stereocenters. The number of aryl methyl sites for hydroxylation is 1. The molecule has 3 N–H and O–H groups in total. The number of rotatable bonds is 8. The first-order valence-electron chi connectivity index (χ1n) is 8.04. The largest absolute Gasteiger partial charge is 0.490 e. The van der Waals surface area contributed by atoms with Crippen LogP contribution in [0.1, 0.15) is 17.5 Å². The molecule has 7 heteroatoms. The first-order chi connectivity index (χ1) is 12.0. The summed E-state index contributed by atoms with van der Waals surface area (Å²) < 4.78 is 18.8. The second-order valence-electron chi connectivity index (χ2n) is 5.81. The number of amides is 1. The predicted molar refractivity (Wildman–Crippen MR) is 93.5 cm³/mol. The van der Waals surface area contributed by atoms with E-state index in [0.29, 0.717) is 0 Å². The lowest BCUT2D eigenvalue weighted by Gasteiger charge is -2.18. The SMILES string of the molecule is Cc1ccc(F)c(OCCC(=O)NC(Cc2ccccc2)B(O)O)c1. The van der Waals surface area contributed by atoms with Crippen LogP contribution in [-0.2, 0) is 11.2 Å². The average Bonchev–Trinajstić information content (AvgIpc) is 2.58. The summed E-state index contributed by atoms with van der Waals surface area (Å²) in [7, 11) is -1.68. The van der Waals surface area contributed by atoms with Gasteiger partial charge in [0, 0.05) is 0 Å². The van der Waals surface area contributed by atoms with E-state index >= 15 is 0 Å². The molecule has 2 aromatic rings. The molecule has 0 aromatic heterocycles. The van der Waals surface area contributed by atoms with Crippen LogP contribution >= 0.6 is 0 Å². The van der Waals surface area contributed by atoms with Gasteiger partial charge in [-0.2, -0.15) is 0 Å². The van der Waals surface area contributed by atoms with E-state index in [1.165, 1.54) is 6.07 Å². The highest BCUT2D eigenvalue weighted by molar-refractivity contribution is 6.43. The first-order valence-corrected chi connectivity index (χ1v) is 8.04. The summed E-state index contributed by atoms with van der Waals surface area (Å²) in [5.41, 5.74) is 1.73. The third-order valence-electron chi connectivity index (χ3n) is 3.68. The molecule has 0 radical (unpaired) electrons. The Bertz CT molecular complexity index is 697. The lowest BCUT2D eigenvalue weighted by Crippen LogP contribution is -2.48. The smallest absolute Gasteiger partial charge is 0.475 e. The molecule has 2 rings (SSSR count). The normalized spacial score (nSPS) is 11.7. The quantitative estimate of drug-likeness (QED) is 0.636. The highest BCUT2D eigenvalue weighted by Gasteiger charge is 2.25. The molecule has 2 aromatic carbocycles. The van der Waals surface area contributed by atoms with Gasteiger partial charge in [-0.25, -0.2) is 4.39 Å². The van der Waals surface area contributed by atoms with Crippen LogP contribution in [0.25, 0.3) is 0 Å².